The van der Waals surface area contributed by atoms with Crippen LogP contribution in [0.4, 0.5) is 0 Å². The zero-order valence-electron chi connectivity index (χ0n) is 17.6. The third-order valence-corrected chi connectivity index (χ3v) is 5.25. The zero-order valence-corrected chi connectivity index (χ0v) is 19.1. The molecule has 0 unspecified atom stereocenters. The minimum Gasteiger partial charge on any atom is -0.457 e. The van der Waals surface area contributed by atoms with Crippen LogP contribution >= 0.6 is 23.2 Å². The van der Waals surface area contributed by atoms with Crippen molar-refractivity contribution >= 4 is 41.1 Å². The maximum atomic E-state index is 12.7. The van der Waals surface area contributed by atoms with Gasteiger partial charge in [0.05, 0.1) is 16.7 Å². The fourth-order valence-electron chi connectivity index (χ4n) is 2.80. The molecular weight excluding hydrogens is 451 g/mol. The summed E-state index contributed by atoms with van der Waals surface area (Å²) in [5, 5.41) is 6.21. The average molecular weight is 473 g/mol. The Morgan fingerprint density at radius 3 is 2.47 bits per heavy atom. The Kier molecular flexibility index (Phi) is 8.11. The van der Waals surface area contributed by atoms with Gasteiger partial charge in [-0.2, -0.15) is 0 Å². The van der Waals surface area contributed by atoms with Crippen molar-refractivity contribution in [2.24, 2.45) is 0 Å². The first-order chi connectivity index (χ1) is 15.4. The van der Waals surface area contributed by atoms with Crippen LogP contribution in [0.2, 0.25) is 10.0 Å². The molecule has 0 aliphatic heterocycles. The highest BCUT2D eigenvalue weighted by Crippen LogP contribution is 2.30. The number of benzene rings is 2. The number of amides is 2. The van der Waals surface area contributed by atoms with Gasteiger partial charge in [-0.3, -0.25) is 9.59 Å². The molecule has 32 heavy (non-hydrogen) atoms. The highest BCUT2D eigenvalue weighted by Gasteiger charge is 2.16. The molecule has 3 aromatic rings. The molecule has 2 aromatic carbocycles. The lowest BCUT2D eigenvalue weighted by molar-refractivity contribution is -0.117. The highest BCUT2D eigenvalue weighted by atomic mass is 35.5. The van der Waals surface area contributed by atoms with Gasteiger partial charge in [-0.05, 0) is 49.4 Å². The van der Waals surface area contributed by atoms with Crippen LogP contribution in [-0.2, 0) is 9.53 Å². The third kappa shape index (κ3) is 6.23. The maximum Gasteiger partial charge on any atom is 0.268 e. The number of rotatable bonds is 8. The molecule has 0 spiro atoms. The highest BCUT2D eigenvalue weighted by molar-refractivity contribution is 6.42. The topological polar surface area (TPSA) is 80.6 Å². The van der Waals surface area contributed by atoms with Crippen molar-refractivity contribution in [1.29, 1.82) is 0 Å². The lowest BCUT2D eigenvalue weighted by atomic mass is 10.1. The van der Waals surface area contributed by atoms with Crippen molar-refractivity contribution in [3.8, 4) is 11.3 Å². The SMILES string of the molecule is COCCNC(=O)/C(=C/c1ccc(-c2ccc(Cl)c(Cl)c2)o1)NC(=O)c1ccc(C)cc1. The summed E-state index contributed by atoms with van der Waals surface area (Å²) in [5.74, 6) is 0.0513. The molecule has 1 heterocycles. The third-order valence-electron chi connectivity index (χ3n) is 4.52. The Morgan fingerprint density at radius 2 is 1.78 bits per heavy atom. The Balaban J connectivity index is 1.85. The van der Waals surface area contributed by atoms with Crippen molar-refractivity contribution in [2.45, 2.75) is 6.92 Å². The van der Waals surface area contributed by atoms with Crippen molar-refractivity contribution < 1.29 is 18.7 Å². The molecule has 0 saturated heterocycles. The number of carbonyl (C=O) groups excluding carboxylic acids is 2. The van der Waals surface area contributed by atoms with Gasteiger partial charge in [-0.25, -0.2) is 0 Å². The van der Waals surface area contributed by atoms with Crippen molar-refractivity contribution in [2.75, 3.05) is 20.3 Å². The standard InChI is InChI=1S/C24H22Cl2N2O4/c1-15-3-5-16(6-4-15)23(29)28-21(24(30)27-11-12-31-2)14-18-8-10-22(32-18)17-7-9-19(25)20(26)13-17/h3-10,13-14H,11-12H2,1-2H3,(H,27,30)(H,28,29)/b21-14-. The molecule has 0 aliphatic carbocycles. The first-order valence-electron chi connectivity index (χ1n) is 9.79. The van der Waals surface area contributed by atoms with Gasteiger partial charge in [0, 0.05) is 30.9 Å². The van der Waals surface area contributed by atoms with E-state index in [9.17, 15) is 9.59 Å². The molecule has 0 fully saturated rings. The van der Waals surface area contributed by atoms with Crippen LogP contribution in [0.25, 0.3) is 17.4 Å². The molecule has 3 rings (SSSR count). The second-order valence-electron chi connectivity index (χ2n) is 6.96. The number of hydrogen-bond acceptors (Lipinski definition) is 4. The van der Waals surface area contributed by atoms with E-state index in [1.165, 1.54) is 13.2 Å². The minimum atomic E-state index is -0.463. The molecule has 6 nitrogen and oxygen atoms in total. The van der Waals surface area contributed by atoms with Gasteiger partial charge < -0.3 is 19.8 Å². The van der Waals surface area contributed by atoms with Crippen LogP contribution in [0.5, 0.6) is 0 Å². The molecule has 0 radical (unpaired) electrons. The van der Waals surface area contributed by atoms with E-state index < -0.39 is 11.8 Å². The summed E-state index contributed by atoms with van der Waals surface area (Å²) in [6, 6.07) is 15.6. The summed E-state index contributed by atoms with van der Waals surface area (Å²) in [4.78, 5) is 25.4. The van der Waals surface area contributed by atoms with E-state index in [1.807, 2.05) is 19.1 Å². The lowest BCUT2D eigenvalue weighted by Gasteiger charge is -2.10. The molecule has 0 aliphatic rings. The summed E-state index contributed by atoms with van der Waals surface area (Å²) in [7, 11) is 1.54. The quantitative estimate of drug-likeness (QED) is 0.353. The fraction of sp³-hybridized carbons (Fsp3) is 0.167. The second-order valence-corrected chi connectivity index (χ2v) is 7.77. The van der Waals surface area contributed by atoms with Crippen molar-refractivity contribution in [1.82, 2.24) is 10.6 Å². The number of halogens is 2. The number of furan rings is 1. The first kappa shape index (κ1) is 23.6. The van der Waals surface area contributed by atoms with Gasteiger partial charge in [-0.1, -0.05) is 40.9 Å². The van der Waals surface area contributed by atoms with E-state index in [2.05, 4.69) is 10.6 Å². The first-order valence-corrected chi connectivity index (χ1v) is 10.5. The van der Waals surface area contributed by atoms with Gasteiger partial charge in [0.1, 0.15) is 17.2 Å². The monoisotopic (exact) mass is 472 g/mol. The van der Waals surface area contributed by atoms with E-state index in [1.54, 1.807) is 42.5 Å². The number of methoxy groups -OCH3 is 1. The molecule has 2 amide bonds. The predicted octanol–water partition coefficient (Wildman–Crippen LogP) is 5.10. The molecule has 0 bridgehead atoms. The van der Waals surface area contributed by atoms with Crippen LogP contribution in [0, 0.1) is 6.92 Å². The second kappa shape index (κ2) is 11.0. The van der Waals surface area contributed by atoms with E-state index in [0.717, 1.165) is 11.1 Å². The van der Waals surface area contributed by atoms with Gasteiger partial charge in [0.25, 0.3) is 11.8 Å². The predicted molar refractivity (Wildman–Crippen MR) is 126 cm³/mol. The molecule has 2 N–H and O–H groups in total. The van der Waals surface area contributed by atoms with Crippen LogP contribution in [0.15, 0.2) is 64.7 Å². The minimum absolute atomic E-state index is 0.0433. The maximum absolute atomic E-state index is 12.7. The molecule has 166 valence electrons. The summed E-state index contributed by atoms with van der Waals surface area (Å²) < 4.78 is 10.8. The number of nitrogens with one attached hydrogen (secondary N) is 2. The normalized spacial score (nSPS) is 11.3. The van der Waals surface area contributed by atoms with E-state index in [0.29, 0.717) is 40.3 Å². The van der Waals surface area contributed by atoms with Crippen molar-refractivity contribution in [3.05, 3.63) is 87.2 Å². The Hall–Kier alpha value is -3.06. The average Bonchev–Trinajstić information content (AvgIpc) is 3.24. The van der Waals surface area contributed by atoms with E-state index in [-0.39, 0.29) is 5.70 Å². The van der Waals surface area contributed by atoms with E-state index in [4.69, 9.17) is 32.4 Å². The summed E-state index contributed by atoms with van der Waals surface area (Å²) in [6.07, 6.45) is 1.47. The smallest absolute Gasteiger partial charge is 0.268 e. The molecule has 0 saturated carbocycles. The van der Waals surface area contributed by atoms with Gasteiger partial charge >= 0.3 is 0 Å². The van der Waals surface area contributed by atoms with Crippen LogP contribution in [0.1, 0.15) is 21.7 Å². The Morgan fingerprint density at radius 1 is 1.03 bits per heavy atom. The van der Waals surface area contributed by atoms with Crippen LogP contribution < -0.4 is 10.6 Å². The number of hydrogen-bond donors (Lipinski definition) is 2. The van der Waals surface area contributed by atoms with Gasteiger partial charge in [0.2, 0.25) is 0 Å². The Bertz CT molecular complexity index is 1140. The summed E-state index contributed by atoms with van der Waals surface area (Å²) in [6.45, 7) is 2.56. The summed E-state index contributed by atoms with van der Waals surface area (Å²) >= 11 is 12.1. The van der Waals surface area contributed by atoms with E-state index >= 15 is 0 Å². The Labute approximate surface area is 196 Å². The molecule has 8 heteroatoms. The largest absolute Gasteiger partial charge is 0.457 e. The van der Waals surface area contributed by atoms with Crippen LogP contribution in [0.3, 0.4) is 0 Å². The van der Waals surface area contributed by atoms with Crippen LogP contribution in [-0.4, -0.2) is 32.1 Å². The number of ether oxygens (including phenoxy) is 1. The van der Waals surface area contributed by atoms with Crippen molar-refractivity contribution in [3.63, 3.8) is 0 Å². The molecule has 1 aromatic heterocycles. The molecular formula is C24H22Cl2N2O4. The lowest BCUT2D eigenvalue weighted by Crippen LogP contribution is -2.36. The number of aryl methyl sites for hydroxylation is 1. The summed E-state index contributed by atoms with van der Waals surface area (Å²) in [5.41, 5.74) is 2.23. The molecule has 0 atom stereocenters. The number of carbonyl (C=O) groups is 2. The van der Waals surface area contributed by atoms with Gasteiger partial charge in [-0.15, -0.1) is 0 Å². The fourth-order valence-corrected chi connectivity index (χ4v) is 3.09. The zero-order chi connectivity index (χ0) is 23.1. The van der Waals surface area contributed by atoms with Gasteiger partial charge in [0.15, 0.2) is 0 Å².